The van der Waals surface area contributed by atoms with Gasteiger partial charge in [0, 0.05) is 23.3 Å². The number of para-hydroxylation sites is 1. The molecule has 0 saturated carbocycles. The maximum absolute atomic E-state index is 9.41. The number of carbonyl (C=O) groups excluding carboxylic acids is 2. The van der Waals surface area contributed by atoms with Crippen molar-refractivity contribution in [3.8, 4) is 11.4 Å². The van der Waals surface area contributed by atoms with E-state index in [1.807, 2.05) is 6.07 Å². The van der Waals surface area contributed by atoms with E-state index in [9.17, 15) is 19.8 Å². The molecule has 0 bridgehead atoms. The van der Waals surface area contributed by atoms with E-state index < -0.39 is 11.9 Å². The van der Waals surface area contributed by atoms with Gasteiger partial charge in [-0.1, -0.05) is 25.1 Å². The summed E-state index contributed by atoms with van der Waals surface area (Å²) in [5.41, 5.74) is 5.05. The number of hydrogen-bond donors (Lipinski definition) is 1. The highest BCUT2D eigenvalue weighted by Crippen LogP contribution is 2.31. The Hall–Kier alpha value is -3.58. The summed E-state index contributed by atoms with van der Waals surface area (Å²) in [7, 11) is 1.72. The van der Waals surface area contributed by atoms with E-state index >= 15 is 0 Å². The highest BCUT2D eigenvalue weighted by atomic mass is 16.5. The number of carbonyl (C=O) groups is 2. The van der Waals surface area contributed by atoms with E-state index in [0.29, 0.717) is 12.2 Å². The number of aromatic nitrogens is 1. The Balaban J connectivity index is 0.000000366. The first-order valence-electron chi connectivity index (χ1n) is 9.93. The average molecular weight is 422 g/mol. The molecule has 0 aliphatic carbocycles. The molecule has 0 unspecified atom stereocenters. The fourth-order valence-electron chi connectivity index (χ4n) is 3.25. The number of methoxy groups -OCH3 is 1. The molecule has 0 amide bonds. The van der Waals surface area contributed by atoms with E-state index in [0.717, 1.165) is 25.3 Å². The van der Waals surface area contributed by atoms with Crippen LogP contribution in [0.5, 0.6) is 5.75 Å². The van der Waals surface area contributed by atoms with Crippen molar-refractivity contribution in [1.82, 2.24) is 9.88 Å². The quantitative estimate of drug-likeness (QED) is 0.435. The van der Waals surface area contributed by atoms with Gasteiger partial charge in [0.05, 0.1) is 24.6 Å². The number of carboxylic acids is 2. The van der Waals surface area contributed by atoms with Crippen molar-refractivity contribution in [1.29, 1.82) is 0 Å². The molecule has 0 atom stereocenters. The van der Waals surface area contributed by atoms with E-state index in [-0.39, 0.29) is 0 Å². The fraction of sp³-hybridized carbons (Fsp3) is 0.250. The van der Waals surface area contributed by atoms with Crippen LogP contribution in [0, 0.1) is 6.92 Å². The highest BCUT2D eigenvalue weighted by molar-refractivity contribution is 5.89. The van der Waals surface area contributed by atoms with Crippen LogP contribution in [-0.2, 0) is 16.1 Å². The van der Waals surface area contributed by atoms with Crippen molar-refractivity contribution in [2.24, 2.45) is 0 Å². The summed E-state index contributed by atoms with van der Waals surface area (Å²) in [6.45, 7) is 6.29. The lowest BCUT2D eigenvalue weighted by Crippen LogP contribution is -2.23. The molecule has 31 heavy (non-hydrogen) atoms. The SMILES string of the molecule is CCCNCc1c(C)n(-c2ccccc2)c2ccc(OC)cc12.O=C([O-])/C=C\C(=O)[O-]. The summed E-state index contributed by atoms with van der Waals surface area (Å²) in [5, 5.41) is 23.6. The lowest BCUT2D eigenvalue weighted by atomic mass is 10.1. The molecular formula is C24H26N2O5-2. The molecule has 1 heterocycles. The van der Waals surface area contributed by atoms with Gasteiger partial charge in [0.15, 0.2) is 0 Å². The Bertz CT molecular complexity index is 1040. The summed E-state index contributed by atoms with van der Waals surface area (Å²) in [4.78, 5) is 18.8. The lowest BCUT2D eigenvalue weighted by molar-refractivity contribution is -0.301. The fourth-order valence-corrected chi connectivity index (χ4v) is 3.25. The van der Waals surface area contributed by atoms with Gasteiger partial charge in [-0.05, 0) is 67.9 Å². The number of ether oxygens (including phenoxy) is 1. The third-order valence-corrected chi connectivity index (χ3v) is 4.64. The van der Waals surface area contributed by atoms with Gasteiger partial charge in [0.1, 0.15) is 5.75 Å². The first-order chi connectivity index (χ1) is 14.9. The molecule has 3 aromatic rings. The van der Waals surface area contributed by atoms with Crippen LogP contribution in [0.15, 0.2) is 60.7 Å². The summed E-state index contributed by atoms with van der Waals surface area (Å²) in [5.74, 6) is -2.19. The van der Waals surface area contributed by atoms with E-state index in [1.54, 1.807) is 7.11 Å². The summed E-state index contributed by atoms with van der Waals surface area (Å²) in [6.07, 6.45) is 1.91. The highest BCUT2D eigenvalue weighted by Gasteiger charge is 2.15. The van der Waals surface area contributed by atoms with Crippen molar-refractivity contribution < 1.29 is 24.5 Å². The van der Waals surface area contributed by atoms with Crippen LogP contribution >= 0.6 is 0 Å². The normalized spacial score (nSPS) is 10.7. The number of rotatable bonds is 8. The minimum absolute atomic E-state index is 0.384. The zero-order chi connectivity index (χ0) is 22.8. The molecule has 7 heteroatoms. The minimum atomic E-state index is -1.55. The average Bonchev–Trinajstić information content (AvgIpc) is 3.04. The predicted molar refractivity (Wildman–Crippen MR) is 116 cm³/mol. The monoisotopic (exact) mass is 422 g/mol. The molecular weight excluding hydrogens is 396 g/mol. The maximum Gasteiger partial charge on any atom is 0.119 e. The van der Waals surface area contributed by atoms with Crippen LogP contribution in [0.3, 0.4) is 0 Å². The standard InChI is InChI=1S/C20H24N2O.C4H4O4/c1-4-12-21-14-19-15(2)22(16-8-6-5-7-9-16)20-11-10-17(23-3)13-18(19)20;5-3(6)1-2-4(7)8/h5-11,13,21H,4,12,14H2,1-3H3;1-2H,(H,5,6)(H,7,8)/p-2/b;2-1-. The van der Waals surface area contributed by atoms with Gasteiger partial charge >= 0.3 is 0 Å². The van der Waals surface area contributed by atoms with Gasteiger partial charge in [0.25, 0.3) is 0 Å². The smallest absolute Gasteiger partial charge is 0.119 e. The van der Waals surface area contributed by atoms with E-state index in [4.69, 9.17) is 4.74 Å². The molecule has 2 aromatic carbocycles. The molecule has 0 spiro atoms. The Kier molecular flexibility index (Phi) is 8.84. The third kappa shape index (κ3) is 6.45. The largest absolute Gasteiger partial charge is 0.545 e. The second-order valence-corrected chi connectivity index (χ2v) is 6.77. The molecule has 1 N–H and O–H groups in total. The number of hydrogen-bond acceptors (Lipinski definition) is 6. The molecule has 0 aliphatic rings. The number of nitrogens with zero attached hydrogens (tertiary/aromatic N) is 1. The summed E-state index contributed by atoms with van der Waals surface area (Å²) >= 11 is 0. The Labute approximate surface area is 181 Å². The second kappa shape index (κ2) is 11.6. The van der Waals surface area contributed by atoms with Crippen LogP contribution in [0.4, 0.5) is 0 Å². The molecule has 0 radical (unpaired) electrons. The minimum Gasteiger partial charge on any atom is -0.545 e. The zero-order valence-electron chi connectivity index (χ0n) is 17.9. The first-order valence-corrected chi connectivity index (χ1v) is 9.93. The second-order valence-electron chi connectivity index (χ2n) is 6.77. The first kappa shape index (κ1) is 23.7. The molecule has 7 nitrogen and oxygen atoms in total. The van der Waals surface area contributed by atoms with Gasteiger partial charge in [-0.15, -0.1) is 0 Å². The van der Waals surface area contributed by atoms with E-state index in [2.05, 4.69) is 66.2 Å². The number of nitrogens with one attached hydrogen (secondary N) is 1. The van der Waals surface area contributed by atoms with Crippen molar-refractivity contribution in [3.63, 3.8) is 0 Å². The Morgan fingerprint density at radius 3 is 2.26 bits per heavy atom. The Morgan fingerprint density at radius 2 is 1.71 bits per heavy atom. The van der Waals surface area contributed by atoms with Crippen molar-refractivity contribution in [2.45, 2.75) is 26.8 Å². The van der Waals surface area contributed by atoms with Gasteiger partial charge < -0.3 is 34.4 Å². The number of benzene rings is 2. The van der Waals surface area contributed by atoms with Crippen LogP contribution in [0.1, 0.15) is 24.6 Å². The predicted octanol–water partition coefficient (Wildman–Crippen LogP) is 1.49. The molecule has 0 aliphatic heterocycles. The van der Waals surface area contributed by atoms with E-state index in [1.165, 1.54) is 27.8 Å². The van der Waals surface area contributed by atoms with Crippen molar-refractivity contribution >= 4 is 22.8 Å². The Morgan fingerprint density at radius 1 is 1.06 bits per heavy atom. The number of carboxylic acid groups (broad SMARTS) is 2. The van der Waals surface area contributed by atoms with Crippen molar-refractivity contribution in [2.75, 3.05) is 13.7 Å². The van der Waals surface area contributed by atoms with Crippen LogP contribution in [-0.4, -0.2) is 30.2 Å². The number of fused-ring (bicyclic) bond motifs is 1. The molecule has 1 aromatic heterocycles. The molecule has 3 rings (SSSR count). The molecule has 164 valence electrons. The van der Waals surface area contributed by atoms with Gasteiger partial charge in [-0.3, -0.25) is 0 Å². The van der Waals surface area contributed by atoms with Crippen molar-refractivity contribution in [3.05, 3.63) is 71.9 Å². The summed E-state index contributed by atoms with van der Waals surface area (Å²) < 4.78 is 7.76. The lowest BCUT2D eigenvalue weighted by Gasteiger charge is -2.09. The van der Waals surface area contributed by atoms with Crippen LogP contribution in [0.2, 0.25) is 0 Å². The topological polar surface area (TPSA) is 106 Å². The maximum atomic E-state index is 9.41. The van der Waals surface area contributed by atoms with Gasteiger partial charge in [-0.25, -0.2) is 0 Å². The molecule has 0 fully saturated rings. The van der Waals surface area contributed by atoms with Gasteiger partial charge in [-0.2, -0.15) is 0 Å². The van der Waals surface area contributed by atoms with Crippen LogP contribution in [0.25, 0.3) is 16.6 Å². The summed E-state index contributed by atoms with van der Waals surface area (Å²) in [6, 6.07) is 16.8. The van der Waals surface area contributed by atoms with Crippen LogP contribution < -0.4 is 20.3 Å². The third-order valence-electron chi connectivity index (χ3n) is 4.64. The molecule has 0 saturated heterocycles. The number of aliphatic carboxylic acids is 2. The van der Waals surface area contributed by atoms with Gasteiger partial charge in [0.2, 0.25) is 0 Å². The zero-order valence-corrected chi connectivity index (χ0v) is 17.9.